The summed E-state index contributed by atoms with van der Waals surface area (Å²) in [7, 11) is 2.12. The molecule has 1 aliphatic rings. The Morgan fingerprint density at radius 3 is 2.65 bits per heavy atom. The maximum atomic E-state index is 11.3. The van der Waals surface area contributed by atoms with Crippen molar-refractivity contribution in [2.24, 2.45) is 0 Å². The molecule has 5 heteroatoms. The van der Waals surface area contributed by atoms with Gasteiger partial charge in [-0.1, -0.05) is 6.92 Å². The Morgan fingerprint density at radius 1 is 1.35 bits per heavy atom. The van der Waals surface area contributed by atoms with Gasteiger partial charge in [0.15, 0.2) is 0 Å². The van der Waals surface area contributed by atoms with Crippen LogP contribution in [0.2, 0.25) is 0 Å². The highest BCUT2D eigenvalue weighted by Crippen LogP contribution is 2.10. The summed E-state index contributed by atoms with van der Waals surface area (Å²) >= 11 is 0. The molecule has 0 radical (unpaired) electrons. The molecule has 5 nitrogen and oxygen atoms in total. The third-order valence-electron chi connectivity index (χ3n) is 3.39. The number of carboxylic acid groups (broad SMARTS) is 1. The van der Waals surface area contributed by atoms with Gasteiger partial charge in [0.1, 0.15) is 5.54 Å². The quantitative estimate of drug-likeness (QED) is 0.716. The van der Waals surface area contributed by atoms with Crippen molar-refractivity contribution in [1.29, 1.82) is 0 Å². The maximum absolute atomic E-state index is 11.3. The number of carbonyl (C=O) groups is 1. The zero-order valence-electron chi connectivity index (χ0n) is 11.2. The van der Waals surface area contributed by atoms with E-state index in [2.05, 4.69) is 22.2 Å². The van der Waals surface area contributed by atoms with Crippen molar-refractivity contribution in [3.8, 4) is 0 Å². The largest absolute Gasteiger partial charge is 0.480 e. The number of hydrogen-bond acceptors (Lipinski definition) is 4. The van der Waals surface area contributed by atoms with Gasteiger partial charge in [-0.3, -0.25) is 9.69 Å². The number of hydrogen-bond donors (Lipinski definition) is 2. The van der Waals surface area contributed by atoms with Crippen LogP contribution in [-0.2, 0) is 4.79 Å². The molecule has 0 aliphatic carbocycles. The zero-order chi connectivity index (χ0) is 12.9. The number of nitrogens with one attached hydrogen (secondary N) is 1. The van der Waals surface area contributed by atoms with Crippen LogP contribution in [0.25, 0.3) is 0 Å². The first-order valence-electron chi connectivity index (χ1n) is 6.37. The monoisotopic (exact) mass is 243 g/mol. The van der Waals surface area contributed by atoms with Crippen LogP contribution in [0.4, 0.5) is 0 Å². The first-order valence-corrected chi connectivity index (χ1v) is 6.37. The van der Waals surface area contributed by atoms with Crippen molar-refractivity contribution >= 4 is 5.97 Å². The van der Waals surface area contributed by atoms with E-state index in [1.807, 2.05) is 6.92 Å². The van der Waals surface area contributed by atoms with Crippen LogP contribution in [0, 0.1) is 0 Å². The van der Waals surface area contributed by atoms with Crippen molar-refractivity contribution in [1.82, 2.24) is 15.1 Å². The highest BCUT2D eigenvalue weighted by atomic mass is 16.4. The second-order valence-corrected chi connectivity index (χ2v) is 5.10. The molecule has 0 aromatic heterocycles. The number of nitrogens with zero attached hydrogens (tertiary/aromatic N) is 2. The van der Waals surface area contributed by atoms with E-state index in [1.165, 1.54) is 0 Å². The summed E-state index contributed by atoms with van der Waals surface area (Å²) in [6, 6.07) is 0. The predicted molar refractivity (Wildman–Crippen MR) is 68.3 cm³/mol. The molecule has 1 heterocycles. The van der Waals surface area contributed by atoms with Gasteiger partial charge in [0, 0.05) is 19.6 Å². The van der Waals surface area contributed by atoms with E-state index in [0.717, 1.165) is 32.6 Å². The minimum absolute atomic E-state index is 0.573. The molecular formula is C12H25N3O2. The van der Waals surface area contributed by atoms with Crippen molar-refractivity contribution < 1.29 is 9.90 Å². The van der Waals surface area contributed by atoms with Gasteiger partial charge in [-0.05, 0) is 40.0 Å². The highest BCUT2D eigenvalue weighted by Gasteiger charge is 2.34. The summed E-state index contributed by atoms with van der Waals surface area (Å²) in [5.41, 5.74) is -0.836. The molecule has 1 fully saturated rings. The number of carboxylic acids is 1. The van der Waals surface area contributed by atoms with Gasteiger partial charge in [-0.2, -0.15) is 0 Å². The first kappa shape index (κ1) is 14.4. The lowest BCUT2D eigenvalue weighted by Gasteiger charge is -2.32. The van der Waals surface area contributed by atoms with Crippen molar-refractivity contribution in [3.05, 3.63) is 0 Å². The van der Waals surface area contributed by atoms with Crippen molar-refractivity contribution in [3.63, 3.8) is 0 Å². The third kappa shape index (κ3) is 4.26. The van der Waals surface area contributed by atoms with E-state index in [4.69, 9.17) is 0 Å². The summed E-state index contributed by atoms with van der Waals surface area (Å²) in [6.45, 7) is 9.01. The van der Waals surface area contributed by atoms with E-state index in [9.17, 15) is 9.90 Å². The Balaban J connectivity index is 2.57. The van der Waals surface area contributed by atoms with E-state index in [-0.39, 0.29) is 0 Å². The maximum Gasteiger partial charge on any atom is 0.324 e. The molecule has 1 unspecified atom stereocenters. The molecule has 0 bridgehead atoms. The van der Waals surface area contributed by atoms with Gasteiger partial charge in [-0.15, -0.1) is 0 Å². The van der Waals surface area contributed by atoms with E-state index in [0.29, 0.717) is 13.1 Å². The summed E-state index contributed by atoms with van der Waals surface area (Å²) in [6.07, 6.45) is 1.11. The summed E-state index contributed by atoms with van der Waals surface area (Å²) in [5, 5.41) is 12.4. The molecule has 17 heavy (non-hydrogen) atoms. The topological polar surface area (TPSA) is 55.8 Å². The zero-order valence-corrected chi connectivity index (χ0v) is 11.2. The molecule has 0 aromatic carbocycles. The molecular weight excluding hydrogens is 218 g/mol. The lowest BCUT2D eigenvalue weighted by atomic mass is 10.0. The van der Waals surface area contributed by atoms with Crippen molar-refractivity contribution in [2.45, 2.75) is 25.8 Å². The van der Waals surface area contributed by atoms with E-state index < -0.39 is 11.5 Å². The van der Waals surface area contributed by atoms with Gasteiger partial charge in [0.25, 0.3) is 0 Å². The smallest absolute Gasteiger partial charge is 0.324 e. The Morgan fingerprint density at radius 2 is 2.06 bits per heavy atom. The standard InChI is InChI=1S/C12H25N3O2/c1-4-13-12(2,11(16)17)10-15-7-5-6-14(3)8-9-15/h13H,4-10H2,1-3H3,(H,16,17). The van der Waals surface area contributed by atoms with Crippen LogP contribution in [-0.4, -0.2) is 72.7 Å². The van der Waals surface area contributed by atoms with Crippen LogP contribution >= 0.6 is 0 Å². The van der Waals surface area contributed by atoms with Gasteiger partial charge >= 0.3 is 5.97 Å². The molecule has 0 amide bonds. The fraction of sp³-hybridized carbons (Fsp3) is 0.917. The summed E-state index contributed by atoms with van der Waals surface area (Å²) in [5.74, 6) is -0.767. The molecule has 0 aromatic rings. The lowest BCUT2D eigenvalue weighted by molar-refractivity contribution is -0.145. The average molecular weight is 243 g/mol. The highest BCUT2D eigenvalue weighted by molar-refractivity contribution is 5.78. The fourth-order valence-corrected chi connectivity index (χ4v) is 2.29. The van der Waals surface area contributed by atoms with Crippen LogP contribution in [0.1, 0.15) is 20.3 Å². The second-order valence-electron chi connectivity index (χ2n) is 5.10. The average Bonchev–Trinajstić information content (AvgIpc) is 2.44. The van der Waals surface area contributed by atoms with E-state index >= 15 is 0 Å². The molecule has 0 saturated carbocycles. The third-order valence-corrected chi connectivity index (χ3v) is 3.39. The first-order chi connectivity index (χ1) is 7.98. The minimum Gasteiger partial charge on any atom is -0.480 e. The van der Waals surface area contributed by atoms with Crippen LogP contribution < -0.4 is 5.32 Å². The molecule has 100 valence electrons. The van der Waals surface area contributed by atoms with Gasteiger partial charge in [-0.25, -0.2) is 0 Å². The molecule has 2 N–H and O–H groups in total. The Bertz CT molecular complexity index is 260. The summed E-state index contributed by atoms with van der Waals surface area (Å²) < 4.78 is 0. The van der Waals surface area contributed by atoms with Crippen LogP contribution in [0.15, 0.2) is 0 Å². The lowest BCUT2D eigenvalue weighted by Crippen LogP contribution is -2.57. The van der Waals surface area contributed by atoms with Crippen LogP contribution in [0.3, 0.4) is 0 Å². The predicted octanol–water partition coefficient (Wildman–Crippen LogP) is 0.0767. The molecule has 1 aliphatic heterocycles. The summed E-state index contributed by atoms with van der Waals surface area (Å²) in [4.78, 5) is 15.9. The normalized spacial score (nSPS) is 23.0. The van der Waals surface area contributed by atoms with E-state index in [1.54, 1.807) is 6.92 Å². The van der Waals surface area contributed by atoms with Crippen molar-refractivity contribution in [2.75, 3.05) is 46.3 Å². The number of rotatable bonds is 5. The fourth-order valence-electron chi connectivity index (χ4n) is 2.29. The molecule has 0 spiro atoms. The molecule has 1 saturated heterocycles. The Kier molecular flexibility index (Phi) is 5.36. The SMILES string of the molecule is CCNC(C)(CN1CCCN(C)CC1)C(=O)O. The Hall–Kier alpha value is -0.650. The van der Waals surface area contributed by atoms with Gasteiger partial charge in [0.2, 0.25) is 0 Å². The number of aliphatic carboxylic acids is 1. The van der Waals surface area contributed by atoms with Gasteiger partial charge in [0.05, 0.1) is 0 Å². The van der Waals surface area contributed by atoms with Crippen LogP contribution in [0.5, 0.6) is 0 Å². The second kappa shape index (κ2) is 6.33. The molecule has 1 atom stereocenters. The Labute approximate surface area is 104 Å². The van der Waals surface area contributed by atoms with Gasteiger partial charge < -0.3 is 15.3 Å². The number of likely N-dealkylation sites (N-methyl/N-ethyl adjacent to an activating group) is 2. The molecule has 1 rings (SSSR count). The minimum atomic E-state index is -0.836.